The Hall–Kier alpha value is -3.44. The minimum Gasteiger partial charge on any atom is -0.394 e. The lowest BCUT2D eigenvalue weighted by atomic mass is 9.91. The molecule has 41 heavy (non-hydrogen) atoms. The molecule has 2 heterocycles. The highest BCUT2D eigenvalue weighted by atomic mass is 35.5. The molecule has 7 atom stereocenters. The van der Waals surface area contributed by atoms with E-state index in [1.807, 2.05) is 6.07 Å². The van der Waals surface area contributed by atoms with Crippen LogP contribution in [-0.4, -0.2) is 86.5 Å². The van der Waals surface area contributed by atoms with Gasteiger partial charge in [0.15, 0.2) is 6.10 Å². The second-order valence-corrected chi connectivity index (χ2v) is 10.6. The summed E-state index contributed by atoms with van der Waals surface area (Å²) >= 11 is 6.28. The van der Waals surface area contributed by atoms with Crippen molar-refractivity contribution in [1.29, 1.82) is 5.26 Å². The molecule has 0 bridgehead atoms. The maximum Gasteiger partial charge on any atom is 0.259 e. The number of hydrogen-bond acceptors (Lipinski definition) is 9. The first-order valence-electron chi connectivity index (χ1n) is 13.1. The van der Waals surface area contributed by atoms with Crippen molar-refractivity contribution in [2.24, 2.45) is 0 Å². The second-order valence-electron chi connectivity index (χ2n) is 10.1. The number of carbonyl (C=O) groups excluding carboxylic acids is 1. The van der Waals surface area contributed by atoms with Gasteiger partial charge in [0.1, 0.15) is 35.9 Å². The van der Waals surface area contributed by atoms with E-state index in [1.54, 1.807) is 6.07 Å². The lowest BCUT2D eigenvalue weighted by Gasteiger charge is -2.45. The molecule has 1 saturated carbocycles. The van der Waals surface area contributed by atoms with E-state index in [2.05, 4.69) is 10.3 Å². The predicted octanol–water partition coefficient (Wildman–Crippen LogP) is 2.23. The smallest absolute Gasteiger partial charge is 0.259 e. The van der Waals surface area contributed by atoms with E-state index >= 15 is 0 Å². The average Bonchev–Trinajstić information content (AvgIpc) is 3.62. The summed E-state index contributed by atoms with van der Waals surface area (Å²) in [6, 6.07) is 10.6. The van der Waals surface area contributed by atoms with Crippen LogP contribution in [0.3, 0.4) is 0 Å². The number of rotatable bonds is 7. The molecule has 5 rings (SSSR count). The summed E-state index contributed by atoms with van der Waals surface area (Å²) in [6.07, 6.45) is -2.78. The van der Waals surface area contributed by atoms with Crippen molar-refractivity contribution in [3.05, 3.63) is 65.1 Å². The number of anilines is 1. The van der Waals surface area contributed by atoms with Crippen molar-refractivity contribution in [3.63, 3.8) is 0 Å². The van der Waals surface area contributed by atoms with Crippen molar-refractivity contribution in [1.82, 2.24) is 15.0 Å². The standard InChI is InChI=1S/C28H29ClFN5O6/c1-40-26-24(34-13-20(32-33-34)16-4-2-5-18(30)10-16)25(38)23(14-36)41-27(26)28(39)35(21-6-3-7-22(21)37)19-9-15(12-31)8-17(29)11-19/h2,4-5,8-11,13,21-27,36-38H,3,6-7,14H2,1H3/t21-,22-,23+,24-,25-,26+,27+/m0/s1. The van der Waals surface area contributed by atoms with E-state index in [4.69, 9.17) is 21.1 Å². The average molecular weight is 586 g/mol. The zero-order chi connectivity index (χ0) is 29.3. The first-order valence-corrected chi connectivity index (χ1v) is 13.5. The number of methoxy groups -OCH3 is 1. The molecule has 216 valence electrons. The molecular formula is C28H29ClFN5O6. The van der Waals surface area contributed by atoms with Crippen molar-refractivity contribution in [2.75, 3.05) is 18.6 Å². The number of aromatic nitrogens is 3. The quantitative estimate of drug-likeness (QED) is 0.379. The summed E-state index contributed by atoms with van der Waals surface area (Å²) in [5.41, 5.74) is 1.29. The van der Waals surface area contributed by atoms with Crippen LogP contribution in [0.1, 0.15) is 30.9 Å². The zero-order valence-corrected chi connectivity index (χ0v) is 22.8. The Kier molecular flexibility index (Phi) is 8.65. The number of amides is 1. The highest BCUT2D eigenvalue weighted by molar-refractivity contribution is 6.31. The molecule has 1 saturated heterocycles. The third-order valence-corrected chi connectivity index (χ3v) is 7.84. The fourth-order valence-electron chi connectivity index (χ4n) is 5.68. The molecule has 1 aromatic heterocycles. The SMILES string of the molecule is CO[C@@H]1[C@@H](n2cc(-c3cccc(F)c3)nn2)[C@@H](O)[C@@H](CO)O[C@H]1C(=O)N(c1cc(Cl)cc(C#N)c1)[C@H]1CCC[C@@H]1O. The molecule has 1 amide bonds. The van der Waals surface area contributed by atoms with Gasteiger partial charge in [0.25, 0.3) is 5.91 Å². The van der Waals surface area contributed by atoms with Crippen LogP contribution in [-0.2, 0) is 14.3 Å². The van der Waals surface area contributed by atoms with Crippen molar-refractivity contribution >= 4 is 23.2 Å². The summed E-state index contributed by atoms with van der Waals surface area (Å²) in [7, 11) is 1.35. The molecule has 1 aliphatic carbocycles. The monoisotopic (exact) mass is 585 g/mol. The number of halogens is 2. The number of ether oxygens (including phenoxy) is 2. The first kappa shape index (κ1) is 29.1. The Morgan fingerprint density at radius 3 is 2.76 bits per heavy atom. The highest BCUT2D eigenvalue weighted by Crippen LogP contribution is 2.37. The molecule has 13 heteroatoms. The lowest BCUT2D eigenvalue weighted by Crippen LogP contribution is -2.62. The fourth-order valence-corrected chi connectivity index (χ4v) is 5.91. The van der Waals surface area contributed by atoms with Crippen LogP contribution >= 0.6 is 11.6 Å². The van der Waals surface area contributed by atoms with E-state index in [0.717, 1.165) is 0 Å². The zero-order valence-electron chi connectivity index (χ0n) is 22.0. The summed E-state index contributed by atoms with van der Waals surface area (Å²) in [5.74, 6) is -1.08. The number of nitrogens with zero attached hydrogens (tertiary/aromatic N) is 5. The van der Waals surface area contributed by atoms with Crippen LogP contribution < -0.4 is 4.90 Å². The number of benzene rings is 2. The molecule has 1 aliphatic heterocycles. The number of hydrogen-bond donors (Lipinski definition) is 3. The largest absolute Gasteiger partial charge is 0.394 e. The molecule has 0 unspecified atom stereocenters. The first-order chi connectivity index (χ1) is 19.7. The summed E-state index contributed by atoms with van der Waals surface area (Å²) < 4.78 is 26.8. The molecule has 0 spiro atoms. The number of carbonyl (C=O) groups is 1. The topological polar surface area (TPSA) is 154 Å². The van der Waals surface area contributed by atoms with Gasteiger partial charge in [-0.25, -0.2) is 9.07 Å². The van der Waals surface area contributed by atoms with Crippen LogP contribution in [0.15, 0.2) is 48.7 Å². The van der Waals surface area contributed by atoms with Gasteiger partial charge in [-0.05, 0) is 49.6 Å². The third kappa shape index (κ3) is 5.70. The van der Waals surface area contributed by atoms with E-state index in [0.29, 0.717) is 36.2 Å². The van der Waals surface area contributed by atoms with Gasteiger partial charge in [0.2, 0.25) is 0 Å². The second kappa shape index (κ2) is 12.2. The third-order valence-electron chi connectivity index (χ3n) is 7.62. The van der Waals surface area contributed by atoms with Crippen LogP contribution in [0.5, 0.6) is 0 Å². The maximum absolute atomic E-state index is 14.4. The normalized spacial score (nSPS) is 27.9. The molecule has 2 fully saturated rings. The summed E-state index contributed by atoms with van der Waals surface area (Å²) in [5, 5.41) is 50.0. The van der Waals surface area contributed by atoms with Gasteiger partial charge in [-0.3, -0.25) is 4.79 Å². The predicted molar refractivity (Wildman–Crippen MR) is 144 cm³/mol. The Morgan fingerprint density at radius 2 is 2.10 bits per heavy atom. The van der Waals surface area contributed by atoms with Gasteiger partial charge >= 0.3 is 0 Å². The Morgan fingerprint density at radius 1 is 1.29 bits per heavy atom. The van der Waals surface area contributed by atoms with Gasteiger partial charge in [0, 0.05) is 23.4 Å². The van der Waals surface area contributed by atoms with E-state index in [-0.39, 0.29) is 10.6 Å². The Balaban J connectivity index is 1.55. The highest BCUT2D eigenvalue weighted by Gasteiger charge is 2.52. The fraction of sp³-hybridized carbons (Fsp3) is 0.429. The van der Waals surface area contributed by atoms with Crippen LogP contribution in [0.25, 0.3) is 11.3 Å². The summed E-state index contributed by atoms with van der Waals surface area (Å²) in [6.45, 7) is -0.620. The summed E-state index contributed by atoms with van der Waals surface area (Å²) in [4.78, 5) is 15.7. The number of aliphatic hydroxyl groups excluding tert-OH is 3. The van der Waals surface area contributed by atoms with Crippen LogP contribution in [0.4, 0.5) is 10.1 Å². The Labute approximate surface area is 240 Å². The number of aliphatic hydroxyl groups is 3. The van der Waals surface area contributed by atoms with Crippen molar-refractivity contribution in [3.8, 4) is 17.3 Å². The van der Waals surface area contributed by atoms with Gasteiger partial charge < -0.3 is 29.7 Å². The van der Waals surface area contributed by atoms with Gasteiger partial charge in [-0.1, -0.05) is 28.9 Å². The molecule has 3 N–H and O–H groups in total. The molecule has 3 aromatic rings. The molecule has 2 aromatic carbocycles. The minimum atomic E-state index is -1.37. The van der Waals surface area contributed by atoms with Crippen LogP contribution in [0.2, 0.25) is 5.02 Å². The Bertz CT molecular complexity index is 1450. The van der Waals surface area contributed by atoms with Crippen LogP contribution in [0, 0.1) is 17.1 Å². The van der Waals surface area contributed by atoms with E-state index in [1.165, 1.54) is 59.3 Å². The number of nitriles is 1. The van der Waals surface area contributed by atoms with Gasteiger partial charge in [-0.2, -0.15) is 5.26 Å². The molecule has 2 aliphatic rings. The van der Waals surface area contributed by atoms with Crippen molar-refractivity contribution < 1.29 is 34.0 Å². The van der Waals surface area contributed by atoms with E-state index < -0.39 is 60.9 Å². The van der Waals surface area contributed by atoms with E-state index in [9.17, 15) is 29.8 Å². The lowest BCUT2D eigenvalue weighted by molar-refractivity contribution is -0.211. The van der Waals surface area contributed by atoms with Crippen molar-refractivity contribution in [2.45, 2.75) is 61.9 Å². The maximum atomic E-state index is 14.4. The van der Waals surface area contributed by atoms with Gasteiger partial charge in [0.05, 0.1) is 36.6 Å². The van der Waals surface area contributed by atoms with Gasteiger partial charge in [-0.15, -0.1) is 5.10 Å². The molecule has 0 radical (unpaired) electrons. The molecule has 11 nitrogen and oxygen atoms in total. The minimum absolute atomic E-state index is 0.222. The molecular weight excluding hydrogens is 557 g/mol.